The van der Waals surface area contributed by atoms with Crippen LogP contribution in [0.15, 0.2) is 67.1 Å². The maximum Gasteiger partial charge on any atom is 0.174 e. The Morgan fingerprint density at radius 1 is 1.03 bits per heavy atom. The minimum atomic E-state index is -0.253. The number of nitrogens with zero attached hydrogens (tertiary/aromatic N) is 3. The van der Waals surface area contributed by atoms with Gasteiger partial charge in [0.15, 0.2) is 5.11 Å². The highest BCUT2D eigenvalue weighted by Gasteiger charge is 2.41. The Morgan fingerprint density at radius 3 is 2.55 bits per heavy atom. The highest BCUT2D eigenvalue weighted by molar-refractivity contribution is 7.80. The molecule has 29 heavy (non-hydrogen) atoms. The fourth-order valence-corrected chi connectivity index (χ4v) is 4.95. The van der Waals surface area contributed by atoms with Crippen LogP contribution >= 0.6 is 12.2 Å². The average molecular weight is 407 g/mol. The monoisotopic (exact) mass is 406 g/mol. The second-order valence-electron chi connectivity index (χ2n) is 7.80. The van der Waals surface area contributed by atoms with Gasteiger partial charge in [0, 0.05) is 30.3 Å². The fraction of sp³-hybridized carbons (Fsp3) is 0.304. The van der Waals surface area contributed by atoms with Gasteiger partial charge in [0.25, 0.3) is 0 Å². The Morgan fingerprint density at radius 2 is 1.83 bits per heavy atom. The molecule has 6 heteroatoms. The molecule has 2 aromatic heterocycles. The lowest BCUT2D eigenvalue weighted by Gasteiger charge is -2.27. The lowest BCUT2D eigenvalue weighted by atomic mass is 9.98. The SMILES string of the molecule is Fc1ccc(N2C(=S)N[C@H](c3ccccn3)[C@@H]2c2ccn(C3CCCC3)c2)cc1. The molecule has 4 nitrogen and oxygen atoms in total. The molecular formula is C23H23FN4S. The van der Waals surface area contributed by atoms with E-state index in [0.717, 1.165) is 11.4 Å². The van der Waals surface area contributed by atoms with Gasteiger partial charge in [-0.05, 0) is 73.1 Å². The van der Waals surface area contributed by atoms with E-state index >= 15 is 0 Å². The number of halogens is 1. The number of thiocarbonyl (C=S) groups is 1. The lowest BCUT2D eigenvalue weighted by Crippen LogP contribution is -2.29. The highest BCUT2D eigenvalue weighted by atomic mass is 32.1. The summed E-state index contributed by atoms with van der Waals surface area (Å²) in [4.78, 5) is 6.67. The normalized spacial score (nSPS) is 22.2. The van der Waals surface area contributed by atoms with Gasteiger partial charge in [0.1, 0.15) is 5.82 Å². The maximum atomic E-state index is 13.5. The molecule has 1 aromatic carbocycles. The van der Waals surface area contributed by atoms with Crippen molar-refractivity contribution >= 4 is 23.0 Å². The van der Waals surface area contributed by atoms with E-state index in [1.165, 1.54) is 43.4 Å². The zero-order valence-electron chi connectivity index (χ0n) is 16.0. The summed E-state index contributed by atoms with van der Waals surface area (Å²) in [5, 5.41) is 4.08. The van der Waals surface area contributed by atoms with Crippen molar-refractivity contribution in [3.8, 4) is 0 Å². The fourth-order valence-electron chi connectivity index (χ4n) is 4.61. The molecule has 0 amide bonds. The Hall–Kier alpha value is -2.73. The van der Waals surface area contributed by atoms with Crippen LogP contribution in [-0.4, -0.2) is 14.7 Å². The van der Waals surface area contributed by atoms with Gasteiger partial charge in [-0.25, -0.2) is 4.39 Å². The molecule has 1 saturated heterocycles. The number of anilines is 1. The molecule has 0 bridgehead atoms. The van der Waals surface area contributed by atoms with Crippen molar-refractivity contribution < 1.29 is 4.39 Å². The van der Waals surface area contributed by atoms with Gasteiger partial charge >= 0.3 is 0 Å². The standard InChI is InChI=1S/C23H23FN4S/c24-17-8-10-19(11-9-17)28-22(16-12-14-27(15-16)18-5-1-2-6-18)21(26-23(28)29)20-7-3-4-13-25-20/h3-4,7-15,18,21-22H,1-2,5-6H2,(H,26,29)/t21-,22+/m1/s1. The quantitative estimate of drug-likeness (QED) is 0.595. The van der Waals surface area contributed by atoms with Crippen LogP contribution in [0.5, 0.6) is 0 Å². The van der Waals surface area contributed by atoms with Crippen LogP contribution in [0.25, 0.3) is 0 Å². The van der Waals surface area contributed by atoms with Gasteiger partial charge in [-0.3, -0.25) is 4.98 Å². The number of benzene rings is 1. The van der Waals surface area contributed by atoms with Crippen LogP contribution in [0.3, 0.4) is 0 Å². The molecule has 3 aromatic rings. The van der Waals surface area contributed by atoms with Crippen molar-refractivity contribution in [1.29, 1.82) is 0 Å². The first-order valence-electron chi connectivity index (χ1n) is 10.1. The minimum absolute atomic E-state index is 0.0504. The van der Waals surface area contributed by atoms with Gasteiger partial charge in [-0.15, -0.1) is 0 Å². The predicted molar refractivity (Wildman–Crippen MR) is 116 cm³/mol. The summed E-state index contributed by atoms with van der Waals surface area (Å²) in [6.07, 6.45) is 11.3. The molecule has 3 heterocycles. The number of nitrogens with one attached hydrogen (secondary N) is 1. The minimum Gasteiger partial charge on any atom is -0.351 e. The predicted octanol–water partition coefficient (Wildman–Crippen LogP) is 5.31. The molecule has 2 fully saturated rings. The number of pyridine rings is 1. The summed E-state index contributed by atoms with van der Waals surface area (Å²) in [5.74, 6) is -0.253. The van der Waals surface area contributed by atoms with Crippen LogP contribution in [0, 0.1) is 5.82 Å². The number of hydrogen-bond donors (Lipinski definition) is 1. The van der Waals surface area contributed by atoms with Gasteiger partial charge < -0.3 is 14.8 Å². The van der Waals surface area contributed by atoms with Crippen LogP contribution in [-0.2, 0) is 0 Å². The molecular weight excluding hydrogens is 383 g/mol. The Kier molecular flexibility index (Phi) is 4.79. The first-order valence-corrected chi connectivity index (χ1v) is 10.5. The van der Waals surface area contributed by atoms with E-state index in [9.17, 15) is 4.39 Å². The number of aromatic nitrogens is 2. The molecule has 1 saturated carbocycles. The zero-order chi connectivity index (χ0) is 19.8. The largest absolute Gasteiger partial charge is 0.351 e. The Bertz CT molecular complexity index is 995. The van der Waals surface area contributed by atoms with E-state index in [1.54, 1.807) is 18.3 Å². The summed E-state index contributed by atoms with van der Waals surface area (Å²) in [7, 11) is 0. The molecule has 0 radical (unpaired) electrons. The molecule has 1 aliphatic carbocycles. The van der Waals surface area contributed by atoms with Crippen LogP contribution in [0.2, 0.25) is 0 Å². The maximum absolute atomic E-state index is 13.5. The molecule has 2 atom stereocenters. The first-order chi connectivity index (χ1) is 14.2. The van der Waals surface area contributed by atoms with Crippen LogP contribution in [0.1, 0.15) is 55.1 Å². The van der Waals surface area contributed by atoms with Crippen molar-refractivity contribution in [3.63, 3.8) is 0 Å². The van der Waals surface area contributed by atoms with Crippen LogP contribution < -0.4 is 10.2 Å². The third-order valence-electron chi connectivity index (χ3n) is 6.03. The van der Waals surface area contributed by atoms with E-state index in [0.29, 0.717) is 11.2 Å². The van der Waals surface area contributed by atoms with E-state index in [4.69, 9.17) is 12.2 Å². The van der Waals surface area contributed by atoms with E-state index < -0.39 is 0 Å². The topological polar surface area (TPSA) is 33.1 Å². The van der Waals surface area contributed by atoms with E-state index in [-0.39, 0.29) is 17.9 Å². The Labute approximate surface area is 175 Å². The third-order valence-corrected chi connectivity index (χ3v) is 6.34. The summed E-state index contributed by atoms with van der Waals surface area (Å²) >= 11 is 5.71. The summed E-state index contributed by atoms with van der Waals surface area (Å²) < 4.78 is 15.9. The number of rotatable bonds is 4. The lowest BCUT2D eigenvalue weighted by molar-refractivity contribution is 0.515. The Balaban J connectivity index is 1.56. The van der Waals surface area contributed by atoms with Crippen molar-refractivity contribution in [3.05, 3.63) is 84.2 Å². The van der Waals surface area contributed by atoms with Crippen molar-refractivity contribution in [2.24, 2.45) is 0 Å². The molecule has 148 valence electrons. The van der Waals surface area contributed by atoms with E-state index in [1.807, 2.05) is 18.2 Å². The van der Waals surface area contributed by atoms with E-state index in [2.05, 4.69) is 38.2 Å². The summed E-state index contributed by atoms with van der Waals surface area (Å²) in [6, 6.07) is 15.1. The average Bonchev–Trinajstić information content (AvgIpc) is 3.49. The molecule has 5 rings (SSSR count). The van der Waals surface area contributed by atoms with Gasteiger partial charge in [0.2, 0.25) is 0 Å². The summed E-state index contributed by atoms with van der Waals surface area (Å²) in [6.45, 7) is 0. The van der Waals surface area contributed by atoms with Gasteiger partial charge in [-0.2, -0.15) is 0 Å². The smallest absolute Gasteiger partial charge is 0.174 e. The molecule has 2 aliphatic rings. The zero-order valence-corrected chi connectivity index (χ0v) is 16.9. The first kappa shape index (κ1) is 18.3. The summed E-state index contributed by atoms with van der Waals surface area (Å²) in [5.41, 5.74) is 3.00. The van der Waals surface area contributed by atoms with Gasteiger partial charge in [0.05, 0.1) is 17.8 Å². The van der Waals surface area contributed by atoms with Crippen LogP contribution in [0.4, 0.5) is 10.1 Å². The molecule has 1 N–H and O–H groups in total. The van der Waals surface area contributed by atoms with Gasteiger partial charge in [-0.1, -0.05) is 18.9 Å². The van der Waals surface area contributed by atoms with Crippen molar-refractivity contribution in [2.75, 3.05) is 4.90 Å². The second kappa shape index (κ2) is 7.59. The molecule has 0 unspecified atom stereocenters. The molecule has 0 spiro atoms. The molecule has 1 aliphatic heterocycles. The number of hydrogen-bond acceptors (Lipinski definition) is 2. The van der Waals surface area contributed by atoms with Crippen molar-refractivity contribution in [2.45, 2.75) is 43.8 Å². The third kappa shape index (κ3) is 3.42. The highest BCUT2D eigenvalue weighted by Crippen LogP contribution is 2.42. The second-order valence-corrected chi connectivity index (χ2v) is 8.19. The van der Waals surface area contributed by atoms with Crippen molar-refractivity contribution in [1.82, 2.24) is 14.9 Å².